The van der Waals surface area contributed by atoms with E-state index in [2.05, 4.69) is 5.32 Å². The summed E-state index contributed by atoms with van der Waals surface area (Å²) in [7, 11) is 0. The number of halogens is 1. The zero-order chi connectivity index (χ0) is 20.7. The van der Waals surface area contributed by atoms with Gasteiger partial charge in [0, 0.05) is 37.9 Å². The molecule has 1 aliphatic rings. The van der Waals surface area contributed by atoms with Crippen LogP contribution in [0.4, 0.5) is 4.39 Å². The molecule has 3 heterocycles. The number of hydrogen-bond acceptors (Lipinski definition) is 3. The van der Waals surface area contributed by atoms with Crippen LogP contribution in [0.3, 0.4) is 0 Å². The fourth-order valence-corrected chi connectivity index (χ4v) is 4.07. The molecule has 0 atom stereocenters. The molecule has 0 saturated carbocycles. The van der Waals surface area contributed by atoms with Gasteiger partial charge in [0.1, 0.15) is 11.3 Å². The largest absolute Gasteiger partial charge is 0.336 e. The molecule has 2 aromatic carbocycles. The topological polar surface area (TPSA) is 58.8 Å². The number of fused-ring (bicyclic) bond motifs is 3. The summed E-state index contributed by atoms with van der Waals surface area (Å²) in [6.07, 6.45) is 1.85. The average molecular weight is 404 g/mol. The van der Waals surface area contributed by atoms with Crippen molar-refractivity contribution >= 4 is 22.5 Å². The fraction of sp³-hybridized carbons (Fsp3) is 0.217. The Balaban J connectivity index is 1.67. The molecule has 1 aliphatic heterocycles. The Labute approximate surface area is 172 Å². The number of nitrogens with one attached hydrogen (secondary N) is 1. The summed E-state index contributed by atoms with van der Waals surface area (Å²) >= 11 is 0. The minimum Gasteiger partial charge on any atom is -0.336 e. The van der Waals surface area contributed by atoms with Gasteiger partial charge in [-0.2, -0.15) is 0 Å². The van der Waals surface area contributed by atoms with Crippen molar-refractivity contribution in [3.8, 4) is 0 Å². The number of piperazine rings is 1. The Hall–Kier alpha value is -3.45. The second-order valence-corrected chi connectivity index (χ2v) is 7.53. The zero-order valence-corrected chi connectivity index (χ0v) is 16.3. The minimum absolute atomic E-state index is 0.0354. The maximum atomic E-state index is 13.3. The molecule has 0 bridgehead atoms. The summed E-state index contributed by atoms with van der Waals surface area (Å²) in [5.41, 5.74) is 3.30. The first kappa shape index (κ1) is 18.6. The fourth-order valence-electron chi connectivity index (χ4n) is 4.07. The summed E-state index contributed by atoms with van der Waals surface area (Å²) in [5, 5.41) is 3.25. The predicted octanol–water partition coefficient (Wildman–Crippen LogP) is 2.49. The summed E-state index contributed by atoms with van der Waals surface area (Å²) < 4.78 is 16.8. The van der Waals surface area contributed by atoms with Crippen molar-refractivity contribution < 1.29 is 9.18 Å². The number of aromatic nitrogens is 2. The van der Waals surface area contributed by atoms with Gasteiger partial charge in [-0.3, -0.25) is 9.59 Å². The van der Waals surface area contributed by atoms with Gasteiger partial charge in [0.15, 0.2) is 0 Å². The Bertz CT molecular complexity index is 1300. The third-order valence-corrected chi connectivity index (χ3v) is 5.64. The van der Waals surface area contributed by atoms with Gasteiger partial charge >= 0.3 is 0 Å². The van der Waals surface area contributed by atoms with Gasteiger partial charge in [0.25, 0.3) is 11.5 Å². The van der Waals surface area contributed by atoms with Gasteiger partial charge in [-0.05, 0) is 48.0 Å². The third-order valence-electron chi connectivity index (χ3n) is 5.64. The molecule has 1 fully saturated rings. The number of carbonyl (C=O) groups excluding carboxylic acids is 1. The van der Waals surface area contributed by atoms with Crippen LogP contribution in [0.2, 0.25) is 0 Å². The third kappa shape index (κ3) is 3.17. The smallest absolute Gasteiger partial charge is 0.275 e. The molecular formula is C23H21FN4O2. The molecule has 2 aromatic heterocycles. The number of rotatable bonds is 3. The van der Waals surface area contributed by atoms with Gasteiger partial charge in [0.05, 0.1) is 17.6 Å². The molecule has 4 aromatic rings. The highest BCUT2D eigenvalue weighted by Gasteiger charge is 2.20. The molecule has 152 valence electrons. The Morgan fingerprint density at radius 2 is 1.73 bits per heavy atom. The molecule has 1 saturated heterocycles. The molecule has 1 amide bonds. The molecule has 0 aliphatic carbocycles. The van der Waals surface area contributed by atoms with E-state index < -0.39 is 0 Å². The lowest BCUT2D eigenvalue weighted by atomic mass is 10.1. The van der Waals surface area contributed by atoms with Gasteiger partial charge in [-0.25, -0.2) is 4.39 Å². The monoisotopic (exact) mass is 404 g/mol. The Morgan fingerprint density at radius 3 is 2.50 bits per heavy atom. The van der Waals surface area contributed by atoms with Crippen LogP contribution in [-0.4, -0.2) is 46.0 Å². The number of carbonyl (C=O) groups is 1. The van der Waals surface area contributed by atoms with Crippen LogP contribution in [0.1, 0.15) is 15.9 Å². The van der Waals surface area contributed by atoms with Gasteiger partial charge in [-0.15, -0.1) is 0 Å². The van der Waals surface area contributed by atoms with Gasteiger partial charge < -0.3 is 19.2 Å². The molecule has 1 N–H and O–H groups in total. The van der Waals surface area contributed by atoms with E-state index in [1.165, 1.54) is 12.1 Å². The summed E-state index contributed by atoms with van der Waals surface area (Å²) in [4.78, 5) is 28.1. The molecule has 5 rings (SSSR count). The van der Waals surface area contributed by atoms with Crippen molar-refractivity contribution in [2.75, 3.05) is 26.2 Å². The van der Waals surface area contributed by atoms with Crippen LogP contribution in [0.25, 0.3) is 16.6 Å². The van der Waals surface area contributed by atoms with Crippen LogP contribution in [0.15, 0.2) is 65.6 Å². The summed E-state index contributed by atoms with van der Waals surface area (Å²) in [5.74, 6) is -0.353. The minimum atomic E-state index is -0.318. The van der Waals surface area contributed by atoms with E-state index in [-0.39, 0.29) is 17.3 Å². The zero-order valence-electron chi connectivity index (χ0n) is 16.3. The van der Waals surface area contributed by atoms with Crippen molar-refractivity contribution in [2.24, 2.45) is 0 Å². The van der Waals surface area contributed by atoms with E-state index in [0.717, 1.165) is 24.2 Å². The Morgan fingerprint density at radius 1 is 0.967 bits per heavy atom. The first-order valence-electron chi connectivity index (χ1n) is 10.00. The highest BCUT2D eigenvalue weighted by Crippen LogP contribution is 2.20. The van der Waals surface area contributed by atoms with Crippen LogP contribution in [-0.2, 0) is 6.54 Å². The van der Waals surface area contributed by atoms with E-state index in [4.69, 9.17) is 0 Å². The highest BCUT2D eigenvalue weighted by molar-refractivity contribution is 5.97. The lowest BCUT2D eigenvalue weighted by molar-refractivity contribution is 0.0736. The van der Waals surface area contributed by atoms with Crippen LogP contribution >= 0.6 is 0 Å². The van der Waals surface area contributed by atoms with Crippen molar-refractivity contribution in [3.63, 3.8) is 0 Å². The number of amides is 1. The van der Waals surface area contributed by atoms with Crippen LogP contribution in [0, 0.1) is 5.82 Å². The first-order valence-corrected chi connectivity index (χ1v) is 10.00. The molecule has 0 radical (unpaired) electrons. The SMILES string of the molecule is O=C(c1ccc2c(c1)n(Cc1ccc(F)cc1)c(=O)c1cccn12)N1CCNCC1. The predicted molar refractivity (Wildman–Crippen MR) is 113 cm³/mol. The second kappa shape index (κ2) is 7.42. The van der Waals surface area contributed by atoms with E-state index in [9.17, 15) is 14.0 Å². The highest BCUT2D eigenvalue weighted by atomic mass is 19.1. The summed E-state index contributed by atoms with van der Waals surface area (Å²) in [6.45, 7) is 3.17. The molecule has 0 unspecified atom stereocenters. The van der Waals surface area contributed by atoms with Crippen molar-refractivity contribution in [3.05, 3.63) is 88.1 Å². The van der Waals surface area contributed by atoms with Crippen LogP contribution < -0.4 is 10.9 Å². The van der Waals surface area contributed by atoms with E-state index in [0.29, 0.717) is 36.2 Å². The molecule has 30 heavy (non-hydrogen) atoms. The standard InChI is InChI=1S/C23H21FN4O2/c24-18-6-3-16(4-7-18)15-28-21-14-17(22(29)26-12-9-25-10-13-26)5-8-19(21)27-11-1-2-20(27)23(28)30/h1-8,11,14,25H,9-10,12-13,15H2. The average Bonchev–Trinajstić information content (AvgIpc) is 3.28. The van der Waals surface area contributed by atoms with Crippen LogP contribution in [0.5, 0.6) is 0 Å². The number of nitrogens with zero attached hydrogens (tertiary/aromatic N) is 3. The quantitative estimate of drug-likeness (QED) is 0.571. The number of benzene rings is 2. The first-order chi connectivity index (χ1) is 14.6. The van der Waals surface area contributed by atoms with E-state index >= 15 is 0 Å². The Kier molecular flexibility index (Phi) is 4.59. The number of hydrogen-bond donors (Lipinski definition) is 1. The lowest BCUT2D eigenvalue weighted by Gasteiger charge is -2.27. The molecule has 0 spiro atoms. The van der Waals surface area contributed by atoms with Crippen molar-refractivity contribution in [2.45, 2.75) is 6.54 Å². The van der Waals surface area contributed by atoms with Gasteiger partial charge in [-0.1, -0.05) is 12.1 Å². The van der Waals surface area contributed by atoms with Gasteiger partial charge in [0.2, 0.25) is 0 Å². The summed E-state index contributed by atoms with van der Waals surface area (Å²) in [6, 6.07) is 15.2. The van der Waals surface area contributed by atoms with E-state index in [1.807, 2.05) is 33.7 Å². The molecular weight excluding hydrogens is 383 g/mol. The van der Waals surface area contributed by atoms with Crippen molar-refractivity contribution in [1.29, 1.82) is 0 Å². The molecule has 7 heteroatoms. The van der Waals surface area contributed by atoms with E-state index in [1.54, 1.807) is 28.8 Å². The second-order valence-electron chi connectivity index (χ2n) is 7.53. The lowest BCUT2D eigenvalue weighted by Crippen LogP contribution is -2.46. The maximum absolute atomic E-state index is 13.3. The normalized spacial score (nSPS) is 14.5. The maximum Gasteiger partial charge on any atom is 0.275 e. The van der Waals surface area contributed by atoms with Crippen molar-refractivity contribution in [1.82, 2.24) is 19.2 Å². The molecule has 6 nitrogen and oxygen atoms in total.